The predicted octanol–water partition coefficient (Wildman–Crippen LogP) is 2.66. The molecule has 0 saturated carbocycles. The average Bonchev–Trinajstić information content (AvgIpc) is 2.10. The highest BCUT2D eigenvalue weighted by atomic mass is 127. The van der Waals surface area contributed by atoms with Crippen LogP contribution >= 0.6 is 22.6 Å². The van der Waals surface area contributed by atoms with Crippen molar-refractivity contribution in [1.29, 1.82) is 0 Å². The first-order chi connectivity index (χ1) is 6.25. The van der Waals surface area contributed by atoms with Gasteiger partial charge in [-0.05, 0) is 41.8 Å². The van der Waals surface area contributed by atoms with Crippen molar-refractivity contribution in [2.75, 3.05) is 13.6 Å². The second-order valence-corrected chi connectivity index (χ2v) is 3.76. The topological polar surface area (TPSA) is 12.0 Å². The summed E-state index contributed by atoms with van der Waals surface area (Å²) in [6.45, 7) is 0.754. The van der Waals surface area contributed by atoms with Gasteiger partial charge in [0.1, 0.15) is 5.82 Å². The van der Waals surface area contributed by atoms with Crippen LogP contribution in [0.4, 0.5) is 4.39 Å². The summed E-state index contributed by atoms with van der Waals surface area (Å²) in [5, 5.41) is 2.97. The van der Waals surface area contributed by atoms with E-state index in [0.717, 1.165) is 10.1 Å². The molecule has 1 rings (SSSR count). The summed E-state index contributed by atoms with van der Waals surface area (Å²) >= 11 is 2.13. The maximum Gasteiger partial charge on any atom is 0.131 e. The molecule has 3 heteroatoms. The van der Waals surface area contributed by atoms with Gasteiger partial charge in [0.15, 0.2) is 0 Å². The van der Waals surface area contributed by atoms with Crippen LogP contribution in [-0.2, 0) is 0 Å². The predicted molar refractivity (Wildman–Crippen MR) is 62.1 cm³/mol. The third kappa shape index (κ3) is 3.08. The number of rotatable bonds is 3. The molecular weight excluding hydrogens is 280 g/mol. The number of hydrogen-bond acceptors (Lipinski definition) is 1. The fraction of sp³-hybridized carbons (Fsp3) is 0.200. The fourth-order valence-corrected chi connectivity index (χ4v) is 1.61. The van der Waals surface area contributed by atoms with E-state index in [1.807, 2.05) is 19.2 Å². The molecular formula is C10H11FIN. The van der Waals surface area contributed by atoms with E-state index in [9.17, 15) is 4.39 Å². The minimum Gasteiger partial charge on any atom is -0.316 e. The lowest BCUT2D eigenvalue weighted by Gasteiger charge is -1.99. The molecule has 0 bridgehead atoms. The normalized spacial score (nSPS) is 11.0. The minimum atomic E-state index is -0.167. The lowest BCUT2D eigenvalue weighted by atomic mass is 10.2. The van der Waals surface area contributed by atoms with Gasteiger partial charge in [-0.3, -0.25) is 0 Å². The first-order valence-electron chi connectivity index (χ1n) is 4.01. The van der Waals surface area contributed by atoms with Crippen molar-refractivity contribution < 1.29 is 4.39 Å². The van der Waals surface area contributed by atoms with Crippen molar-refractivity contribution in [3.63, 3.8) is 0 Å². The number of benzene rings is 1. The lowest BCUT2D eigenvalue weighted by molar-refractivity contribution is 0.624. The molecule has 0 atom stereocenters. The maximum atomic E-state index is 13.2. The Bertz CT molecular complexity index is 290. The Morgan fingerprint density at radius 3 is 2.92 bits per heavy atom. The van der Waals surface area contributed by atoms with Crippen LogP contribution in [0.5, 0.6) is 0 Å². The molecule has 70 valence electrons. The Kier molecular flexibility index (Phi) is 4.38. The summed E-state index contributed by atoms with van der Waals surface area (Å²) in [6, 6.07) is 5.08. The van der Waals surface area contributed by atoms with Gasteiger partial charge >= 0.3 is 0 Å². The molecule has 0 aliphatic heterocycles. The Labute approximate surface area is 91.2 Å². The van der Waals surface area contributed by atoms with Crippen molar-refractivity contribution in [1.82, 2.24) is 5.32 Å². The molecule has 13 heavy (non-hydrogen) atoms. The van der Waals surface area contributed by atoms with Gasteiger partial charge in [0.25, 0.3) is 0 Å². The van der Waals surface area contributed by atoms with Crippen LogP contribution in [0.3, 0.4) is 0 Å². The van der Waals surface area contributed by atoms with Gasteiger partial charge in [-0.1, -0.05) is 18.2 Å². The quantitative estimate of drug-likeness (QED) is 0.844. The van der Waals surface area contributed by atoms with Crippen LogP contribution in [-0.4, -0.2) is 13.6 Å². The molecule has 0 radical (unpaired) electrons. The molecule has 0 fully saturated rings. The number of halogens is 2. The van der Waals surface area contributed by atoms with Crippen LogP contribution in [0.25, 0.3) is 6.08 Å². The smallest absolute Gasteiger partial charge is 0.131 e. The van der Waals surface area contributed by atoms with Gasteiger partial charge in [-0.15, -0.1) is 0 Å². The van der Waals surface area contributed by atoms with E-state index >= 15 is 0 Å². The highest BCUT2D eigenvalue weighted by Crippen LogP contribution is 2.16. The summed E-state index contributed by atoms with van der Waals surface area (Å²) in [7, 11) is 1.86. The Morgan fingerprint density at radius 2 is 2.31 bits per heavy atom. The van der Waals surface area contributed by atoms with E-state index in [1.54, 1.807) is 12.1 Å². The molecule has 0 saturated heterocycles. The molecule has 0 heterocycles. The highest BCUT2D eigenvalue weighted by molar-refractivity contribution is 14.1. The zero-order valence-corrected chi connectivity index (χ0v) is 9.51. The Hall–Kier alpha value is -0.420. The molecule has 1 N–H and O–H groups in total. The van der Waals surface area contributed by atoms with E-state index in [0.29, 0.717) is 5.56 Å². The van der Waals surface area contributed by atoms with Gasteiger partial charge in [0.05, 0.1) is 0 Å². The van der Waals surface area contributed by atoms with Crippen LogP contribution in [0, 0.1) is 9.39 Å². The Balaban J connectivity index is 2.87. The number of nitrogens with one attached hydrogen (secondary N) is 1. The van der Waals surface area contributed by atoms with Gasteiger partial charge < -0.3 is 5.32 Å². The molecule has 0 amide bonds. The van der Waals surface area contributed by atoms with E-state index in [-0.39, 0.29) is 5.82 Å². The van der Waals surface area contributed by atoms with Crippen LogP contribution in [0.1, 0.15) is 5.56 Å². The fourth-order valence-electron chi connectivity index (χ4n) is 0.965. The van der Waals surface area contributed by atoms with Gasteiger partial charge in [0.2, 0.25) is 0 Å². The molecule has 0 spiro atoms. The van der Waals surface area contributed by atoms with Crippen LogP contribution in [0.2, 0.25) is 0 Å². The summed E-state index contributed by atoms with van der Waals surface area (Å²) in [4.78, 5) is 0. The largest absolute Gasteiger partial charge is 0.316 e. The highest BCUT2D eigenvalue weighted by Gasteiger charge is 2.00. The first kappa shape index (κ1) is 10.7. The molecule has 0 aliphatic rings. The van der Waals surface area contributed by atoms with E-state index in [1.165, 1.54) is 6.07 Å². The van der Waals surface area contributed by atoms with Gasteiger partial charge in [0, 0.05) is 15.7 Å². The minimum absolute atomic E-state index is 0.167. The van der Waals surface area contributed by atoms with Gasteiger partial charge in [-0.25, -0.2) is 4.39 Å². The zero-order chi connectivity index (χ0) is 9.68. The second kappa shape index (κ2) is 5.34. The van der Waals surface area contributed by atoms with Crippen molar-refractivity contribution in [2.45, 2.75) is 0 Å². The van der Waals surface area contributed by atoms with E-state index in [4.69, 9.17) is 0 Å². The maximum absolute atomic E-state index is 13.2. The molecule has 0 aromatic heterocycles. The molecule has 0 unspecified atom stereocenters. The zero-order valence-electron chi connectivity index (χ0n) is 7.35. The summed E-state index contributed by atoms with van der Waals surface area (Å²) in [5.74, 6) is -0.167. The number of hydrogen-bond donors (Lipinski definition) is 1. The Morgan fingerprint density at radius 1 is 1.54 bits per heavy atom. The van der Waals surface area contributed by atoms with E-state index < -0.39 is 0 Å². The standard InChI is InChI=1S/C10H11FIN/c1-13-7-3-4-8-9(11)5-2-6-10(8)12/h2-6,13H,7H2,1H3. The van der Waals surface area contributed by atoms with Crippen LogP contribution < -0.4 is 5.32 Å². The van der Waals surface area contributed by atoms with Crippen molar-refractivity contribution in [2.24, 2.45) is 0 Å². The second-order valence-electron chi connectivity index (χ2n) is 2.60. The SMILES string of the molecule is CNCC=Cc1c(F)cccc1I. The average molecular weight is 291 g/mol. The lowest BCUT2D eigenvalue weighted by Crippen LogP contribution is -2.03. The van der Waals surface area contributed by atoms with Gasteiger partial charge in [-0.2, -0.15) is 0 Å². The van der Waals surface area contributed by atoms with Crippen molar-refractivity contribution >= 4 is 28.7 Å². The summed E-state index contributed by atoms with van der Waals surface area (Å²) in [6.07, 6.45) is 3.70. The first-order valence-corrected chi connectivity index (χ1v) is 5.08. The summed E-state index contributed by atoms with van der Waals surface area (Å²) < 4.78 is 14.1. The third-order valence-electron chi connectivity index (χ3n) is 1.61. The summed E-state index contributed by atoms with van der Waals surface area (Å²) in [5.41, 5.74) is 0.665. The van der Waals surface area contributed by atoms with Crippen LogP contribution in [0.15, 0.2) is 24.3 Å². The molecule has 1 nitrogen and oxygen atoms in total. The number of likely N-dealkylation sites (N-methyl/N-ethyl adjacent to an activating group) is 1. The molecule has 1 aromatic carbocycles. The van der Waals surface area contributed by atoms with E-state index in [2.05, 4.69) is 27.9 Å². The third-order valence-corrected chi connectivity index (χ3v) is 2.55. The molecule has 1 aromatic rings. The van der Waals surface area contributed by atoms with Crippen molar-refractivity contribution in [3.8, 4) is 0 Å². The monoisotopic (exact) mass is 291 g/mol. The molecule has 0 aliphatic carbocycles. The van der Waals surface area contributed by atoms with Crippen molar-refractivity contribution in [3.05, 3.63) is 39.2 Å².